The van der Waals surface area contributed by atoms with Crippen molar-refractivity contribution in [2.24, 2.45) is 13.0 Å². The molecule has 194 valence electrons. The number of carbonyl (C=O) groups excluding carboxylic acids is 1. The number of amides is 1. The first-order chi connectivity index (χ1) is 16.2. The van der Waals surface area contributed by atoms with Gasteiger partial charge in [0.2, 0.25) is 10.0 Å². The first-order valence-electron chi connectivity index (χ1n) is 10.8. The van der Waals surface area contributed by atoms with Crippen LogP contribution < -0.4 is 10.3 Å². The summed E-state index contributed by atoms with van der Waals surface area (Å²) >= 11 is 5.91. The van der Waals surface area contributed by atoms with E-state index in [4.69, 9.17) is 11.6 Å². The van der Waals surface area contributed by atoms with Crippen molar-refractivity contribution in [2.45, 2.75) is 37.9 Å². The van der Waals surface area contributed by atoms with Crippen LogP contribution in [-0.2, 0) is 17.1 Å². The second kappa shape index (κ2) is 10.8. The Balaban J connectivity index is 1.57. The van der Waals surface area contributed by atoms with Gasteiger partial charge >= 0.3 is 6.18 Å². The van der Waals surface area contributed by atoms with Crippen molar-refractivity contribution in [1.82, 2.24) is 24.7 Å². The molecule has 14 heteroatoms. The molecule has 0 bridgehead atoms. The number of carbonyl (C=O) groups is 1. The number of imidazole rings is 1. The van der Waals surface area contributed by atoms with E-state index < -0.39 is 40.0 Å². The van der Waals surface area contributed by atoms with Crippen molar-refractivity contribution in [2.75, 3.05) is 19.3 Å². The molecule has 0 saturated heterocycles. The van der Waals surface area contributed by atoms with Crippen molar-refractivity contribution >= 4 is 27.5 Å². The number of aromatic nitrogens is 2. The van der Waals surface area contributed by atoms with Crippen LogP contribution in [0.1, 0.15) is 36.0 Å². The number of hydrazine groups is 1. The lowest BCUT2D eigenvalue weighted by Gasteiger charge is -2.34. The molecule has 1 fully saturated rings. The Hall–Kier alpha value is -2.22. The zero-order valence-electron chi connectivity index (χ0n) is 19.1. The molecule has 1 aromatic heterocycles. The summed E-state index contributed by atoms with van der Waals surface area (Å²) in [4.78, 5) is 19.8. The van der Waals surface area contributed by atoms with Gasteiger partial charge in [-0.25, -0.2) is 17.8 Å². The molecule has 1 aliphatic carbocycles. The van der Waals surface area contributed by atoms with Crippen molar-refractivity contribution in [3.8, 4) is 11.3 Å². The van der Waals surface area contributed by atoms with Crippen LogP contribution in [0.4, 0.5) is 17.6 Å². The van der Waals surface area contributed by atoms with Crippen LogP contribution in [0, 0.1) is 11.7 Å². The lowest BCUT2D eigenvalue weighted by molar-refractivity contribution is -0.148. The summed E-state index contributed by atoms with van der Waals surface area (Å²) in [5.41, 5.74) is 2.35. The zero-order valence-corrected chi connectivity index (χ0v) is 20.6. The van der Waals surface area contributed by atoms with Crippen molar-refractivity contribution in [1.29, 1.82) is 0 Å². The third kappa shape index (κ3) is 7.63. The summed E-state index contributed by atoms with van der Waals surface area (Å²) in [5.74, 6) is -2.65. The van der Waals surface area contributed by atoms with Crippen LogP contribution in [0.5, 0.6) is 0 Å². The van der Waals surface area contributed by atoms with Crippen molar-refractivity contribution < 1.29 is 30.8 Å². The molecule has 8 nitrogen and oxygen atoms in total. The third-order valence-electron chi connectivity index (χ3n) is 5.92. The largest absolute Gasteiger partial charge is 0.401 e. The number of hydrogen-bond acceptors (Lipinski definition) is 5. The molecule has 2 N–H and O–H groups in total. The van der Waals surface area contributed by atoms with Crippen LogP contribution in [0.3, 0.4) is 0 Å². The van der Waals surface area contributed by atoms with Crippen LogP contribution >= 0.6 is 11.6 Å². The van der Waals surface area contributed by atoms with E-state index >= 15 is 0 Å². The average molecular weight is 540 g/mol. The fourth-order valence-electron chi connectivity index (χ4n) is 4.17. The van der Waals surface area contributed by atoms with Gasteiger partial charge < -0.3 is 4.57 Å². The zero-order chi connectivity index (χ0) is 26.0. The Bertz CT molecular complexity index is 1160. The van der Waals surface area contributed by atoms with Crippen molar-refractivity contribution in [3.63, 3.8) is 0 Å². The molecule has 1 aliphatic rings. The fourth-order valence-corrected chi connectivity index (χ4v) is 5.68. The number of nitrogens with zero attached hydrogens (tertiary/aromatic N) is 3. The van der Waals surface area contributed by atoms with E-state index in [0.29, 0.717) is 36.9 Å². The van der Waals surface area contributed by atoms with Gasteiger partial charge in [-0.3, -0.25) is 15.1 Å². The van der Waals surface area contributed by atoms with Gasteiger partial charge in [0, 0.05) is 24.8 Å². The maximum Gasteiger partial charge on any atom is 0.401 e. The molecule has 0 aliphatic heterocycles. The highest BCUT2D eigenvalue weighted by atomic mass is 35.5. The summed E-state index contributed by atoms with van der Waals surface area (Å²) in [6, 6.07) is 2.25. The summed E-state index contributed by atoms with van der Waals surface area (Å²) < 4.78 is 78.8. The molecule has 3 rings (SSSR count). The van der Waals surface area contributed by atoms with E-state index in [0.717, 1.165) is 0 Å². The topological polar surface area (TPSA) is 96.3 Å². The summed E-state index contributed by atoms with van der Waals surface area (Å²) in [7, 11) is -0.843. The molecule has 2 aromatic rings. The Labute approximate surface area is 205 Å². The van der Waals surface area contributed by atoms with Crippen LogP contribution in [0.2, 0.25) is 5.02 Å². The molecule has 35 heavy (non-hydrogen) atoms. The Morgan fingerprint density at radius 1 is 1.26 bits per heavy atom. The molecule has 0 spiro atoms. The highest BCUT2D eigenvalue weighted by molar-refractivity contribution is 7.89. The normalized spacial score (nSPS) is 19.2. The number of rotatable bonds is 8. The van der Waals surface area contributed by atoms with Gasteiger partial charge in [-0.15, -0.1) is 4.83 Å². The Kier molecular flexibility index (Phi) is 8.45. The van der Waals surface area contributed by atoms with Crippen LogP contribution in [0.15, 0.2) is 24.7 Å². The molecule has 1 heterocycles. The van der Waals surface area contributed by atoms with E-state index in [9.17, 15) is 30.8 Å². The highest BCUT2D eigenvalue weighted by Gasteiger charge is 2.34. The number of halogens is 5. The van der Waals surface area contributed by atoms with Gasteiger partial charge in [0.05, 0.1) is 34.9 Å². The lowest BCUT2D eigenvalue weighted by Crippen LogP contribution is -2.45. The molecule has 1 amide bonds. The summed E-state index contributed by atoms with van der Waals surface area (Å²) in [5, 5.41) is -0.326. The standard InChI is InChI=1S/C21H26ClF4N5O3S/c1-30-9-18(27-12-30)14-7-16(19(23)17(22)8-14)20(32)28-29-35(33,34)10-13-3-5-15(6-4-13)31(2)11-21(24,25)26/h7-9,12-13,15,29H,3-6,10-11H2,1-2H3,(H,28,32). The number of aryl methyl sites for hydroxylation is 1. The summed E-state index contributed by atoms with van der Waals surface area (Å²) in [6.07, 6.45) is 0.590. The Morgan fingerprint density at radius 3 is 2.49 bits per heavy atom. The smallest absolute Gasteiger partial charge is 0.340 e. The van der Waals surface area contributed by atoms with E-state index in [1.807, 2.05) is 10.3 Å². The van der Waals surface area contributed by atoms with E-state index in [1.165, 1.54) is 30.4 Å². The summed E-state index contributed by atoms with van der Waals surface area (Å²) in [6.45, 7) is -1.02. The van der Waals surface area contributed by atoms with Gasteiger partial charge in [-0.05, 0) is 50.8 Å². The minimum atomic E-state index is -4.29. The van der Waals surface area contributed by atoms with Crippen molar-refractivity contribution in [3.05, 3.63) is 41.1 Å². The van der Waals surface area contributed by atoms with Gasteiger partial charge in [0.1, 0.15) is 0 Å². The number of sulfonamides is 1. The molecule has 1 aromatic carbocycles. The Morgan fingerprint density at radius 2 is 1.91 bits per heavy atom. The second-order valence-electron chi connectivity index (χ2n) is 8.79. The number of nitrogens with one attached hydrogen (secondary N) is 2. The first-order valence-corrected chi connectivity index (χ1v) is 12.8. The fraction of sp³-hybridized carbons (Fsp3) is 0.524. The lowest BCUT2D eigenvalue weighted by atomic mass is 9.86. The maximum absolute atomic E-state index is 14.5. The number of alkyl halides is 3. The molecular weight excluding hydrogens is 514 g/mol. The minimum Gasteiger partial charge on any atom is -0.340 e. The van der Waals surface area contributed by atoms with E-state index in [2.05, 4.69) is 4.98 Å². The van der Waals surface area contributed by atoms with Gasteiger partial charge in [-0.1, -0.05) is 11.6 Å². The average Bonchev–Trinajstić information content (AvgIpc) is 3.19. The maximum atomic E-state index is 14.5. The number of hydrogen-bond donors (Lipinski definition) is 2. The molecule has 0 unspecified atom stereocenters. The highest BCUT2D eigenvalue weighted by Crippen LogP contribution is 2.30. The molecule has 1 saturated carbocycles. The van der Waals surface area contributed by atoms with Gasteiger partial charge in [-0.2, -0.15) is 13.2 Å². The van der Waals surface area contributed by atoms with E-state index in [1.54, 1.807) is 17.8 Å². The molecule has 0 radical (unpaired) electrons. The number of benzene rings is 1. The SMILES string of the molecule is CN(CC(F)(F)F)C1CCC(CS(=O)(=O)NNC(=O)c2cc(-c3cn(C)cn3)cc(Cl)c2F)CC1. The third-order valence-corrected chi connectivity index (χ3v) is 7.52. The predicted octanol–water partition coefficient (Wildman–Crippen LogP) is 3.50. The van der Waals surface area contributed by atoms with Gasteiger partial charge in [0.15, 0.2) is 5.82 Å². The van der Waals surface area contributed by atoms with Crippen LogP contribution in [0.25, 0.3) is 11.3 Å². The van der Waals surface area contributed by atoms with Gasteiger partial charge in [0.25, 0.3) is 5.91 Å². The van der Waals surface area contributed by atoms with E-state index in [-0.39, 0.29) is 22.7 Å². The minimum absolute atomic E-state index is 0.276. The quantitative estimate of drug-likeness (QED) is 0.395. The second-order valence-corrected chi connectivity index (χ2v) is 11.0. The monoisotopic (exact) mass is 539 g/mol. The molecule has 0 atom stereocenters. The first kappa shape index (κ1) is 27.4. The molecular formula is C21H26ClF4N5O3S. The predicted molar refractivity (Wildman–Crippen MR) is 122 cm³/mol. The van der Waals surface area contributed by atoms with Crippen LogP contribution in [-0.4, -0.2) is 60.3 Å².